The number of Topliss-reactive ketones (excluding diaryl/α,β-unsaturated/α-hetero) is 1. The Bertz CT molecular complexity index is 833. The van der Waals surface area contributed by atoms with Crippen molar-refractivity contribution in [1.82, 2.24) is 15.5 Å². The van der Waals surface area contributed by atoms with Crippen LogP contribution in [0.4, 0.5) is 0 Å². The minimum absolute atomic E-state index is 0.0225. The van der Waals surface area contributed by atoms with Crippen molar-refractivity contribution < 1.29 is 19.2 Å². The van der Waals surface area contributed by atoms with Crippen LogP contribution in [0.25, 0.3) is 0 Å². The van der Waals surface area contributed by atoms with Gasteiger partial charge in [0.1, 0.15) is 12.1 Å². The number of likely N-dealkylation sites (tertiary alicyclic amines) is 1. The number of nitrogens with zero attached hydrogens (tertiary/aromatic N) is 1. The minimum Gasteiger partial charge on any atom is -0.350 e. The first kappa shape index (κ1) is 27.4. The van der Waals surface area contributed by atoms with Gasteiger partial charge in [0.25, 0.3) is 5.91 Å². The number of nitrogens with two attached hydrogens (primary N) is 1. The molecule has 0 aromatic rings. The van der Waals surface area contributed by atoms with Crippen LogP contribution < -0.4 is 16.4 Å². The molecule has 0 bridgehead atoms. The minimum atomic E-state index is -1.06. The van der Waals surface area contributed by atoms with E-state index < -0.39 is 29.8 Å². The maximum Gasteiger partial charge on any atom is 0.289 e. The first-order chi connectivity index (χ1) is 16.6. The summed E-state index contributed by atoms with van der Waals surface area (Å²) >= 11 is 0. The Morgan fingerprint density at radius 2 is 1.80 bits per heavy atom. The average molecular weight is 489 g/mol. The van der Waals surface area contributed by atoms with Gasteiger partial charge in [-0.25, -0.2) is 0 Å². The second-order valence-corrected chi connectivity index (χ2v) is 11.1. The number of carbonyl (C=O) groups is 4. The molecule has 8 heteroatoms. The van der Waals surface area contributed by atoms with Crippen LogP contribution in [0.1, 0.15) is 79.1 Å². The third-order valence-electron chi connectivity index (χ3n) is 8.40. The molecule has 35 heavy (non-hydrogen) atoms. The van der Waals surface area contributed by atoms with E-state index >= 15 is 0 Å². The number of unbranched alkanes of at least 4 members (excludes halogenated alkanes) is 2. The molecule has 0 radical (unpaired) electrons. The summed E-state index contributed by atoms with van der Waals surface area (Å²) in [6.45, 7) is 8.89. The maximum atomic E-state index is 13.6. The summed E-state index contributed by atoms with van der Waals surface area (Å²) in [7, 11) is 0. The van der Waals surface area contributed by atoms with Gasteiger partial charge in [-0.1, -0.05) is 65.0 Å². The van der Waals surface area contributed by atoms with Gasteiger partial charge >= 0.3 is 0 Å². The number of hydrogen-bond donors (Lipinski definition) is 3. The first-order valence-electron chi connectivity index (χ1n) is 13.5. The zero-order chi connectivity index (χ0) is 25.8. The molecule has 3 aliphatic rings. The fourth-order valence-electron chi connectivity index (χ4n) is 6.08. The number of hydrogen-bond acceptors (Lipinski definition) is 5. The van der Waals surface area contributed by atoms with Crippen LogP contribution >= 0.6 is 0 Å². The molecule has 5 atom stereocenters. The fraction of sp³-hybridized carbons (Fsp3) is 0.778. The van der Waals surface area contributed by atoms with Gasteiger partial charge in [-0.3, -0.25) is 19.2 Å². The smallest absolute Gasteiger partial charge is 0.289 e. The summed E-state index contributed by atoms with van der Waals surface area (Å²) in [5.74, 6) is -1.55. The normalized spacial score (nSPS) is 27.2. The molecule has 8 nitrogen and oxygen atoms in total. The van der Waals surface area contributed by atoms with Crippen molar-refractivity contribution >= 4 is 23.5 Å². The largest absolute Gasteiger partial charge is 0.350 e. The second-order valence-electron chi connectivity index (χ2n) is 11.1. The molecule has 1 heterocycles. The third kappa shape index (κ3) is 5.96. The Balaban J connectivity index is 1.77. The van der Waals surface area contributed by atoms with E-state index in [1.54, 1.807) is 17.9 Å². The summed E-state index contributed by atoms with van der Waals surface area (Å²) in [4.78, 5) is 53.8. The van der Waals surface area contributed by atoms with Crippen LogP contribution in [0, 0.1) is 23.2 Å². The van der Waals surface area contributed by atoms with E-state index in [9.17, 15) is 19.2 Å². The quantitative estimate of drug-likeness (QED) is 0.234. The molecular formula is C27H44N4O4. The average Bonchev–Trinajstić information content (AvgIpc) is 3.18. The van der Waals surface area contributed by atoms with Gasteiger partial charge in [0, 0.05) is 13.1 Å². The zero-order valence-corrected chi connectivity index (χ0v) is 21.8. The maximum absolute atomic E-state index is 13.6. The van der Waals surface area contributed by atoms with E-state index in [0.717, 1.165) is 44.9 Å². The standard InChI is InChI=1S/C27H44N4O4/c1-5-7-8-12-15-19(23(32)25(34)29-6-2)30-24(33)22-20-18(27(20,3)4)16-31(22)26(35)21(28)17-13-10-9-11-14-17/h12,15,17-22H,5-11,13-14,16,28H2,1-4H3,(H,29,34)(H,30,33)/b15-12+/t18-,19?,20-,21-,22-/m0/s1. The van der Waals surface area contributed by atoms with Gasteiger partial charge in [-0.05, 0) is 49.4 Å². The van der Waals surface area contributed by atoms with E-state index in [4.69, 9.17) is 5.73 Å². The predicted octanol–water partition coefficient (Wildman–Crippen LogP) is 2.31. The van der Waals surface area contributed by atoms with Crippen molar-refractivity contribution in [1.29, 1.82) is 0 Å². The topological polar surface area (TPSA) is 122 Å². The van der Waals surface area contributed by atoms with Gasteiger partial charge in [0.2, 0.25) is 17.6 Å². The number of ketones is 1. The van der Waals surface area contributed by atoms with Crippen molar-refractivity contribution in [3.05, 3.63) is 12.2 Å². The highest BCUT2D eigenvalue weighted by Gasteiger charge is 2.69. The monoisotopic (exact) mass is 488 g/mol. The predicted molar refractivity (Wildman–Crippen MR) is 135 cm³/mol. The SMILES string of the molecule is CCCC/C=C/C(NC(=O)[C@@H]1[C@@H]2[C@H](CN1C(=O)[C@@H](N)C1CCCCC1)C2(C)C)C(=O)C(=O)NCC. The number of piperidine rings is 1. The van der Waals surface area contributed by atoms with E-state index in [0.29, 0.717) is 13.1 Å². The molecule has 0 spiro atoms. The molecule has 0 aromatic carbocycles. The first-order valence-corrected chi connectivity index (χ1v) is 13.5. The van der Waals surface area contributed by atoms with Gasteiger partial charge < -0.3 is 21.3 Å². The Hall–Kier alpha value is -2.22. The highest BCUT2D eigenvalue weighted by Crippen LogP contribution is 2.65. The van der Waals surface area contributed by atoms with Crippen molar-refractivity contribution in [2.75, 3.05) is 13.1 Å². The Labute approximate surface area is 209 Å². The molecular weight excluding hydrogens is 444 g/mol. The molecule has 1 saturated heterocycles. The number of carbonyl (C=O) groups excluding carboxylic acids is 4. The molecule has 196 valence electrons. The van der Waals surface area contributed by atoms with Crippen LogP contribution in [-0.4, -0.2) is 59.6 Å². The van der Waals surface area contributed by atoms with Crippen LogP contribution in [0.5, 0.6) is 0 Å². The zero-order valence-electron chi connectivity index (χ0n) is 21.8. The molecule has 1 unspecified atom stereocenters. The third-order valence-corrected chi connectivity index (χ3v) is 8.40. The highest BCUT2D eigenvalue weighted by molar-refractivity contribution is 6.39. The van der Waals surface area contributed by atoms with E-state index in [2.05, 4.69) is 31.4 Å². The van der Waals surface area contributed by atoms with Crippen LogP contribution in [-0.2, 0) is 19.2 Å². The van der Waals surface area contributed by atoms with Crippen LogP contribution in [0.2, 0.25) is 0 Å². The lowest BCUT2D eigenvalue weighted by Crippen LogP contribution is -2.58. The molecule has 0 aromatic heterocycles. The summed E-state index contributed by atoms with van der Waals surface area (Å²) < 4.78 is 0. The lowest BCUT2D eigenvalue weighted by atomic mass is 9.83. The van der Waals surface area contributed by atoms with Gasteiger partial charge in [-0.2, -0.15) is 0 Å². The molecule has 1 aliphatic heterocycles. The number of rotatable bonds is 11. The number of allylic oxidation sites excluding steroid dienone is 1. The molecule has 4 N–H and O–H groups in total. The van der Waals surface area contributed by atoms with Crippen molar-refractivity contribution in [2.24, 2.45) is 28.9 Å². The summed E-state index contributed by atoms with van der Waals surface area (Å²) in [6.07, 6.45) is 11.4. The molecule has 3 rings (SSSR count). The number of likely N-dealkylation sites (N-methyl/N-ethyl adjacent to an activating group) is 1. The van der Waals surface area contributed by atoms with Crippen molar-refractivity contribution in [3.63, 3.8) is 0 Å². The number of nitrogens with one attached hydrogen (secondary N) is 2. The lowest BCUT2D eigenvalue weighted by molar-refractivity contribution is -0.144. The van der Waals surface area contributed by atoms with Crippen LogP contribution in [0.3, 0.4) is 0 Å². The van der Waals surface area contributed by atoms with Crippen molar-refractivity contribution in [2.45, 2.75) is 97.2 Å². The highest BCUT2D eigenvalue weighted by atomic mass is 16.2. The van der Waals surface area contributed by atoms with Gasteiger partial charge in [-0.15, -0.1) is 0 Å². The fourth-order valence-corrected chi connectivity index (χ4v) is 6.08. The van der Waals surface area contributed by atoms with E-state index in [1.165, 1.54) is 6.42 Å². The number of amides is 3. The van der Waals surface area contributed by atoms with Crippen molar-refractivity contribution in [3.8, 4) is 0 Å². The summed E-state index contributed by atoms with van der Waals surface area (Å²) in [5.41, 5.74) is 6.39. The molecule has 3 fully saturated rings. The summed E-state index contributed by atoms with van der Waals surface area (Å²) in [5, 5.41) is 5.33. The Morgan fingerprint density at radius 1 is 1.11 bits per heavy atom. The lowest BCUT2D eigenvalue weighted by Gasteiger charge is -2.35. The van der Waals surface area contributed by atoms with E-state index in [-0.39, 0.29) is 35.0 Å². The Kier molecular flexibility index (Phi) is 9.13. The molecule has 3 amide bonds. The van der Waals surface area contributed by atoms with Crippen LogP contribution in [0.15, 0.2) is 12.2 Å². The Morgan fingerprint density at radius 3 is 2.43 bits per heavy atom. The molecule has 2 saturated carbocycles. The van der Waals surface area contributed by atoms with Gasteiger partial charge in [0.05, 0.1) is 6.04 Å². The number of fused-ring (bicyclic) bond motifs is 1. The van der Waals surface area contributed by atoms with Gasteiger partial charge in [0.15, 0.2) is 0 Å². The van der Waals surface area contributed by atoms with E-state index in [1.807, 2.05) is 6.08 Å². The second kappa shape index (κ2) is 11.7. The summed E-state index contributed by atoms with van der Waals surface area (Å²) in [6, 6.07) is -2.34. The molecule has 2 aliphatic carbocycles.